The van der Waals surface area contributed by atoms with Gasteiger partial charge in [0.1, 0.15) is 12.6 Å². The molecule has 1 heterocycles. The Morgan fingerprint density at radius 1 is 1.26 bits per heavy atom. The van der Waals surface area contributed by atoms with Crippen LogP contribution in [0, 0.1) is 11.8 Å². The number of likely N-dealkylation sites (tertiary alicyclic amines) is 1. The molecule has 1 saturated carbocycles. The van der Waals surface area contributed by atoms with Crippen molar-refractivity contribution in [2.45, 2.75) is 31.4 Å². The Labute approximate surface area is 131 Å². The molecule has 1 saturated heterocycles. The molecule has 0 unspecified atom stereocenters. The van der Waals surface area contributed by atoms with Gasteiger partial charge in [-0.2, -0.15) is 0 Å². The lowest BCUT2D eigenvalue weighted by Crippen LogP contribution is -2.44. The molecule has 1 amide bonds. The maximum absolute atomic E-state index is 13.5. The van der Waals surface area contributed by atoms with E-state index >= 15 is 0 Å². The van der Waals surface area contributed by atoms with Crippen LogP contribution in [0.5, 0.6) is 0 Å². The molecule has 1 aromatic carbocycles. The Morgan fingerprint density at radius 3 is 2.61 bits per heavy atom. The second-order valence-electron chi connectivity index (χ2n) is 6.16. The quantitative estimate of drug-likeness (QED) is 0.928. The molecule has 2 fully saturated rings. The van der Waals surface area contributed by atoms with Gasteiger partial charge in [0.25, 0.3) is 0 Å². The minimum absolute atomic E-state index is 0.00481. The van der Waals surface area contributed by atoms with E-state index in [1.165, 1.54) is 0 Å². The van der Waals surface area contributed by atoms with E-state index in [2.05, 4.69) is 0 Å². The Kier molecular flexibility index (Phi) is 3.95. The summed E-state index contributed by atoms with van der Waals surface area (Å²) in [6, 6.07) is 7.74. The van der Waals surface area contributed by atoms with E-state index in [-0.39, 0.29) is 19.6 Å². The number of carboxylic acids is 1. The third kappa shape index (κ3) is 3.13. The Balaban J connectivity index is 1.67. The molecule has 1 aliphatic heterocycles. The molecular formula is C16H17F2NO4. The average Bonchev–Trinajstić information content (AvgIpc) is 2.97. The van der Waals surface area contributed by atoms with Crippen molar-refractivity contribution >= 4 is 12.1 Å². The summed E-state index contributed by atoms with van der Waals surface area (Å²) in [4.78, 5) is 24.7. The highest BCUT2D eigenvalue weighted by atomic mass is 19.3. The first-order chi connectivity index (χ1) is 10.9. The molecule has 2 aliphatic rings. The SMILES string of the molecule is O=C(O)[C@@H]1[C@H]2CC(F)(F)C[C@H]2CN1C(=O)OCc1ccccc1. The van der Waals surface area contributed by atoms with Gasteiger partial charge in [0, 0.05) is 25.3 Å². The number of carbonyl (C=O) groups is 2. The van der Waals surface area contributed by atoms with E-state index in [9.17, 15) is 23.5 Å². The summed E-state index contributed by atoms with van der Waals surface area (Å²) < 4.78 is 32.1. The van der Waals surface area contributed by atoms with Crippen LogP contribution in [0.15, 0.2) is 30.3 Å². The van der Waals surface area contributed by atoms with Crippen molar-refractivity contribution in [3.05, 3.63) is 35.9 Å². The highest BCUT2D eigenvalue weighted by Crippen LogP contribution is 2.49. The van der Waals surface area contributed by atoms with Gasteiger partial charge in [0.15, 0.2) is 0 Å². The highest BCUT2D eigenvalue weighted by Gasteiger charge is 2.58. The van der Waals surface area contributed by atoms with Gasteiger partial charge in [-0.05, 0) is 11.5 Å². The van der Waals surface area contributed by atoms with Crippen LogP contribution in [0.1, 0.15) is 18.4 Å². The number of amides is 1. The van der Waals surface area contributed by atoms with Crippen molar-refractivity contribution in [3.63, 3.8) is 0 Å². The van der Waals surface area contributed by atoms with Gasteiger partial charge in [-0.3, -0.25) is 4.90 Å². The van der Waals surface area contributed by atoms with E-state index in [4.69, 9.17) is 4.74 Å². The number of hydrogen-bond donors (Lipinski definition) is 1. The third-order valence-electron chi connectivity index (χ3n) is 4.57. The van der Waals surface area contributed by atoms with Crippen LogP contribution in [0.4, 0.5) is 13.6 Å². The van der Waals surface area contributed by atoms with E-state index < -0.39 is 42.3 Å². The number of nitrogens with zero attached hydrogens (tertiary/aromatic N) is 1. The number of ether oxygens (including phenoxy) is 1. The Hall–Kier alpha value is -2.18. The van der Waals surface area contributed by atoms with Crippen LogP contribution in [-0.2, 0) is 16.1 Å². The summed E-state index contributed by atoms with van der Waals surface area (Å²) >= 11 is 0. The molecule has 7 heteroatoms. The number of hydrogen-bond acceptors (Lipinski definition) is 3. The number of fused-ring (bicyclic) bond motifs is 1. The van der Waals surface area contributed by atoms with Gasteiger partial charge >= 0.3 is 12.1 Å². The number of halogens is 2. The Morgan fingerprint density at radius 2 is 1.96 bits per heavy atom. The molecule has 0 radical (unpaired) electrons. The van der Waals surface area contributed by atoms with Crippen molar-refractivity contribution in [2.75, 3.05) is 6.54 Å². The second kappa shape index (κ2) is 5.79. The zero-order valence-electron chi connectivity index (χ0n) is 12.3. The fourth-order valence-electron chi connectivity index (χ4n) is 3.60. The van der Waals surface area contributed by atoms with Crippen LogP contribution in [-0.4, -0.2) is 40.6 Å². The second-order valence-corrected chi connectivity index (χ2v) is 6.16. The summed E-state index contributed by atoms with van der Waals surface area (Å²) in [5, 5.41) is 9.34. The average molecular weight is 325 g/mol. The van der Waals surface area contributed by atoms with Gasteiger partial charge < -0.3 is 9.84 Å². The van der Waals surface area contributed by atoms with Crippen LogP contribution < -0.4 is 0 Å². The lowest BCUT2D eigenvalue weighted by atomic mass is 9.94. The Bertz CT molecular complexity index is 607. The third-order valence-corrected chi connectivity index (χ3v) is 4.57. The number of benzene rings is 1. The molecule has 124 valence electrons. The lowest BCUT2D eigenvalue weighted by molar-refractivity contribution is -0.143. The van der Waals surface area contributed by atoms with E-state index in [0.29, 0.717) is 0 Å². The van der Waals surface area contributed by atoms with Gasteiger partial charge in [-0.15, -0.1) is 0 Å². The fourth-order valence-corrected chi connectivity index (χ4v) is 3.60. The van der Waals surface area contributed by atoms with Crippen molar-refractivity contribution in [2.24, 2.45) is 11.8 Å². The zero-order valence-corrected chi connectivity index (χ0v) is 12.3. The van der Waals surface area contributed by atoms with E-state index in [1.54, 1.807) is 24.3 Å². The molecule has 5 nitrogen and oxygen atoms in total. The molecule has 0 bridgehead atoms. The van der Waals surface area contributed by atoms with Gasteiger partial charge in [0.05, 0.1) is 0 Å². The molecular weight excluding hydrogens is 308 g/mol. The van der Waals surface area contributed by atoms with Crippen LogP contribution in [0.2, 0.25) is 0 Å². The summed E-state index contributed by atoms with van der Waals surface area (Å²) in [7, 11) is 0. The summed E-state index contributed by atoms with van der Waals surface area (Å²) in [6.45, 7) is 0.0266. The number of rotatable bonds is 3. The maximum Gasteiger partial charge on any atom is 0.410 e. The molecule has 1 aromatic rings. The molecule has 3 atom stereocenters. The molecule has 0 aromatic heterocycles. The summed E-state index contributed by atoms with van der Waals surface area (Å²) in [5.41, 5.74) is 0.777. The predicted octanol–water partition coefficient (Wildman–Crippen LogP) is 2.75. The number of aliphatic carboxylic acids is 1. The maximum atomic E-state index is 13.5. The summed E-state index contributed by atoms with van der Waals surface area (Å²) in [6.07, 6.45) is -1.62. The van der Waals surface area contributed by atoms with Gasteiger partial charge in [0.2, 0.25) is 5.92 Å². The molecule has 1 aliphatic carbocycles. The van der Waals surface area contributed by atoms with Crippen LogP contribution in [0.3, 0.4) is 0 Å². The zero-order chi connectivity index (χ0) is 16.6. The highest BCUT2D eigenvalue weighted by molar-refractivity contribution is 5.81. The number of carboxylic acid groups (broad SMARTS) is 1. The summed E-state index contributed by atoms with van der Waals surface area (Å²) in [5.74, 6) is -5.31. The van der Waals surface area contributed by atoms with Gasteiger partial charge in [-0.25, -0.2) is 18.4 Å². The first-order valence-electron chi connectivity index (χ1n) is 7.45. The van der Waals surface area contributed by atoms with E-state index in [0.717, 1.165) is 10.5 Å². The standard InChI is InChI=1S/C16H17F2NO4/c17-16(18)6-11-8-19(13(14(20)21)12(11)7-16)15(22)23-9-10-4-2-1-3-5-10/h1-5,11-13H,6-9H2,(H,20,21)/t11-,12-,13-/m0/s1. The number of carbonyl (C=O) groups excluding carboxylic acids is 1. The first kappa shape index (κ1) is 15.7. The molecule has 0 spiro atoms. The van der Waals surface area contributed by atoms with Crippen LogP contribution >= 0.6 is 0 Å². The fraction of sp³-hybridized carbons (Fsp3) is 0.500. The monoisotopic (exact) mass is 325 g/mol. The van der Waals surface area contributed by atoms with Crippen LogP contribution in [0.25, 0.3) is 0 Å². The minimum atomic E-state index is -2.84. The molecule has 3 rings (SSSR count). The number of alkyl halides is 2. The van der Waals surface area contributed by atoms with Crippen molar-refractivity contribution in [1.82, 2.24) is 4.90 Å². The molecule has 1 N–H and O–H groups in total. The van der Waals surface area contributed by atoms with Crippen molar-refractivity contribution in [1.29, 1.82) is 0 Å². The largest absolute Gasteiger partial charge is 0.480 e. The topological polar surface area (TPSA) is 66.8 Å². The van der Waals surface area contributed by atoms with Crippen molar-refractivity contribution < 1.29 is 28.2 Å². The van der Waals surface area contributed by atoms with Crippen molar-refractivity contribution in [3.8, 4) is 0 Å². The van der Waals surface area contributed by atoms with E-state index in [1.807, 2.05) is 6.07 Å². The lowest BCUT2D eigenvalue weighted by Gasteiger charge is -2.24. The minimum Gasteiger partial charge on any atom is -0.480 e. The first-order valence-corrected chi connectivity index (χ1v) is 7.45. The van der Waals surface area contributed by atoms with Gasteiger partial charge in [-0.1, -0.05) is 30.3 Å². The molecule has 23 heavy (non-hydrogen) atoms. The predicted molar refractivity (Wildman–Crippen MR) is 75.9 cm³/mol. The normalized spacial score (nSPS) is 28.4. The smallest absolute Gasteiger partial charge is 0.410 e.